The fraction of sp³-hybridized carbons (Fsp3) is 0.667. The molecule has 0 radical (unpaired) electrons. The zero-order valence-corrected chi connectivity index (χ0v) is 10.0. The van der Waals surface area contributed by atoms with Gasteiger partial charge < -0.3 is 5.73 Å². The first-order chi connectivity index (χ1) is 7.64. The van der Waals surface area contributed by atoms with E-state index in [1.807, 2.05) is 0 Å². The molecule has 6 nitrogen and oxygen atoms in total. The van der Waals surface area contributed by atoms with Crippen molar-refractivity contribution in [3.8, 4) is 0 Å². The highest BCUT2D eigenvalue weighted by Crippen LogP contribution is 2.28. The Balaban J connectivity index is 2.44. The van der Waals surface area contributed by atoms with E-state index in [1.165, 1.54) is 5.01 Å². The van der Waals surface area contributed by atoms with Crippen LogP contribution in [0.25, 0.3) is 0 Å². The third kappa shape index (κ3) is 3.09. The fourth-order valence-electron chi connectivity index (χ4n) is 1.47. The molecular weight excluding hydrogens is 227 g/mol. The highest BCUT2D eigenvalue weighted by Gasteiger charge is 2.41. The van der Waals surface area contributed by atoms with Gasteiger partial charge in [0.2, 0.25) is 0 Å². The summed E-state index contributed by atoms with van der Waals surface area (Å²) < 4.78 is 10.9. The van der Waals surface area contributed by atoms with Gasteiger partial charge in [-0.1, -0.05) is 6.08 Å². The second-order valence-corrected chi connectivity index (χ2v) is 4.67. The molecule has 0 saturated carbocycles. The van der Waals surface area contributed by atoms with Crippen molar-refractivity contribution in [3.05, 3.63) is 12.7 Å². The van der Waals surface area contributed by atoms with E-state index in [0.717, 1.165) is 12.8 Å². The number of hydrogen-bond donors (Lipinski definition) is 3. The lowest BCUT2D eigenvalue weighted by Crippen LogP contribution is -2.62. The molecule has 4 N–H and O–H groups in total. The lowest BCUT2D eigenvalue weighted by atomic mass is 10.1. The highest BCUT2D eigenvalue weighted by atomic mass is 31.1. The molecule has 7 heteroatoms. The molecule has 0 aromatic heterocycles. The van der Waals surface area contributed by atoms with Crippen LogP contribution in [0.2, 0.25) is 0 Å². The number of carbonyl (C=O) groups excluding carboxylic acids is 1. The molecule has 1 aliphatic rings. The van der Waals surface area contributed by atoms with E-state index >= 15 is 0 Å². The summed E-state index contributed by atoms with van der Waals surface area (Å²) >= 11 is 0. The van der Waals surface area contributed by atoms with Crippen molar-refractivity contribution in [2.24, 2.45) is 5.73 Å². The Bertz CT molecular complexity index is 287. The van der Waals surface area contributed by atoms with E-state index in [9.17, 15) is 9.36 Å². The summed E-state index contributed by atoms with van der Waals surface area (Å²) in [5.41, 5.74) is 11.4. The van der Waals surface area contributed by atoms with E-state index in [-0.39, 0.29) is 14.4 Å². The SMILES string of the molecule is C=CCCNNN1CCC[C@](N)(P=O)C1=O. The summed E-state index contributed by atoms with van der Waals surface area (Å²) in [7, 11) is -0.330. The Morgan fingerprint density at radius 1 is 1.69 bits per heavy atom. The summed E-state index contributed by atoms with van der Waals surface area (Å²) in [4.78, 5) is 11.8. The van der Waals surface area contributed by atoms with Crippen molar-refractivity contribution in [1.29, 1.82) is 0 Å². The maximum atomic E-state index is 11.8. The third-order valence-corrected chi connectivity index (χ3v) is 3.15. The quantitative estimate of drug-likeness (QED) is 0.268. The molecule has 1 saturated heterocycles. The predicted molar refractivity (Wildman–Crippen MR) is 61.4 cm³/mol. The Hall–Kier alpha value is -0.810. The Morgan fingerprint density at radius 2 is 2.44 bits per heavy atom. The molecule has 0 bridgehead atoms. The summed E-state index contributed by atoms with van der Waals surface area (Å²) in [6.07, 6.45) is 3.74. The van der Waals surface area contributed by atoms with Crippen molar-refractivity contribution >= 4 is 14.4 Å². The van der Waals surface area contributed by atoms with E-state index in [1.54, 1.807) is 6.08 Å². The molecule has 0 aliphatic carbocycles. The van der Waals surface area contributed by atoms with Crippen LogP contribution in [-0.4, -0.2) is 29.3 Å². The molecule has 1 fully saturated rings. The smallest absolute Gasteiger partial charge is 0.269 e. The van der Waals surface area contributed by atoms with Gasteiger partial charge in [-0.3, -0.25) is 14.4 Å². The molecule has 0 aromatic rings. The summed E-state index contributed by atoms with van der Waals surface area (Å²) in [5.74, 6) is -0.346. The first kappa shape index (κ1) is 13.3. The van der Waals surface area contributed by atoms with Crippen LogP contribution in [0.15, 0.2) is 12.7 Å². The highest BCUT2D eigenvalue weighted by molar-refractivity contribution is 7.27. The maximum Gasteiger partial charge on any atom is 0.269 e. The first-order valence-corrected chi connectivity index (χ1v) is 6.00. The molecule has 1 atom stereocenters. The van der Waals surface area contributed by atoms with Crippen molar-refractivity contribution < 1.29 is 9.36 Å². The molecule has 0 spiro atoms. The Labute approximate surface area is 96.4 Å². The predicted octanol–water partition coefficient (Wildman–Crippen LogP) is 0.141. The van der Waals surface area contributed by atoms with Gasteiger partial charge in [-0.25, -0.2) is 5.43 Å². The standard InChI is InChI=1S/C9H17N4O2P/c1-2-3-6-11-12-13-7-4-5-9(10,16-15)8(13)14/h2,11-12H,1,3-7,10H2/t9-/m0/s1. The van der Waals surface area contributed by atoms with Crippen LogP contribution >= 0.6 is 8.46 Å². The first-order valence-electron chi connectivity index (χ1n) is 5.19. The van der Waals surface area contributed by atoms with Gasteiger partial charge in [0, 0.05) is 13.1 Å². The number of piperidine rings is 1. The number of hydrazine groups is 2. The zero-order chi connectivity index (χ0) is 12.0. The molecule has 1 rings (SSSR count). The molecular formula is C9H17N4O2P. The monoisotopic (exact) mass is 244 g/mol. The average molecular weight is 244 g/mol. The molecule has 1 heterocycles. The van der Waals surface area contributed by atoms with E-state index in [0.29, 0.717) is 19.5 Å². The summed E-state index contributed by atoms with van der Waals surface area (Å²) in [5, 5.41) is 0.100. The molecule has 1 aliphatic heterocycles. The van der Waals surface area contributed by atoms with Crippen LogP contribution < -0.4 is 16.7 Å². The van der Waals surface area contributed by atoms with Gasteiger partial charge in [-0.2, -0.15) is 5.53 Å². The van der Waals surface area contributed by atoms with Gasteiger partial charge in [0.05, 0.1) is 0 Å². The third-order valence-electron chi connectivity index (χ3n) is 2.41. The van der Waals surface area contributed by atoms with Gasteiger partial charge in [0.25, 0.3) is 5.91 Å². The normalized spacial score (nSPS) is 26.1. The lowest BCUT2D eigenvalue weighted by Gasteiger charge is -2.35. The number of nitrogens with one attached hydrogen (secondary N) is 2. The van der Waals surface area contributed by atoms with E-state index in [2.05, 4.69) is 17.5 Å². The van der Waals surface area contributed by atoms with Crippen LogP contribution in [0.1, 0.15) is 19.3 Å². The minimum Gasteiger partial charge on any atom is -0.308 e. The number of amides is 1. The van der Waals surface area contributed by atoms with Crippen molar-refractivity contribution in [3.63, 3.8) is 0 Å². The number of carbonyl (C=O) groups is 1. The van der Waals surface area contributed by atoms with Gasteiger partial charge in [0.15, 0.2) is 13.7 Å². The number of nitrogens with zero attached hydrogens (tertiary/aromatic N) is 1. The molecule has 1 amide bonds. The Kier molecular flexibility index (Phi) is 5.02. The number of nitrogens with two attached hydrogens (primary N) is 1. The van der Waals surface area contributed by atoms with E-state index in [4.69, 9.17) is 5.73 Å². The van der Waals surface area contributed by atoms with Crippen LogP contribution in [-0.2, 0) is 9.36 Å². The second kappa shape index (κ2) is 6.06. The lowest BCUT2D eigenvalue weighted by molar-refractivity contribution is -0.141. The van der Waals surface area contributed by atoms with Gasteiger partial charge in [0.1, 0.15) is 0 Å². The largest absolute Gasteiger partial charge is 0.308 e. The van der Waals surface area contributed by atoms with Crippen molar-refractivity contribution in [1.82, 2.24) is 16.0 Å². The maximum absolute atomic E-state index is 11.8. The van der Waals surface area contributed by atoms with Gasteiger partial charge in [-0.05, 0) is 19.3 Å². The summed E-state index contributed by atoms with van der Waals surface area (Å²) in [6.45, 7) is 4.82. The number of rotatable bonds is 6. The van der Waals surface area contributed by atoms with Gasteiger partial charge >= 0.3 is 0 Å². The van der Waals surface area contributed by atoms with Crippen LogP contribution in [0.3, 0.4) is 0 Å². The van der Waals surface area contributed by atoms with E-state index < -0.39 is 5.28 Å². The Morgan fingerprint density at radius 3 is 3.06 bits per heavy atom. The van der Waals surface area contributed by atoms with Crippen LogP contribution in [0, 0.1) is 0 Å². The van der Waals surface area contributed by atoms with Crippen LogP contribution in [0.5, 0.6) is 0 Å². The fourth-order valence-corrected chi connectivity index (χ4v) is 1.91. The molecule has 0 unspecified atom stereocenters. The van der Waals surface area contributed by atoms with Gasteiger partial charge in [-0.15, -0.1) is 6.58 Å². The molecule has 0 aromatic carbocycles. The minimum atomic E-state index is -1.27. The van der Waals surface area contributed by atoms with Crippen LogP contribution in [0.4, 0.5) is 0 Å². The summed E-state index contributed by atoms with van der Waals surface area (Å²) in [6, 6.07) is 0. The molecule has 16 heavy (non-hydrogen) atoms. The van der Waals surface area contributed by atoms with Crippen molar-refractivity contribution in [2.45, 2.75) is 24.5 Å². The average Bonchev–Trinajstić information content (AvgIpc) is 2.30. The second-order valence-electron chi connectivity index (χ2n) is 3.69. The minimum absolute atomic E-state index is 0.330. The molecule has 90 valence electrons. The topological polar surface area (TPSA) is 87.5 Å². The zero-order valence-electron chi connectivity index (χ0n) is 9.11. The number of hydrogen-bond acceptors (Lipinski definition) is 5. The van der Waals surface area contributed by atoms with Crippen molar-refractivity contribution in [2.75, 3.05) is 13.1 Å².